The molecule has 0 aromatic carbocycles. The van der Waals surface area contributed by atoms with Crippen molar-refractivity contribution in [1.29, 1.82) is 0 Å². The summed E-state index contributed by atoms with van der Waals surface area (Å²) >= 11 is 0. The fraction of sp³-hybridized carbons (Fsp3) is 0.750. The predicted molar refractivity (Wildman–Crippen MR) is 334 cm³/mol. The molecule has 0 aromatic heterocycles. The minimum absolute atomic E-state index is 0.151. The summed E-state index contributed by atoms with van der Waals surface area (Å²) in [5.74, 6) is -1.49. The monoisotopic (exact) mass is 1140 g/mol. The highest BCUT2D eigenvalue weighted by Crippen LogP contribution is 2.43. The summed E-state index contributed by atoms with van der Waals surface area (Å²) in [4.78, 5) is 48.8. The van der Waals surface area contributed by atoms with Crippen LogP contribution in [0.2, 0.25) is 0 Å². The fourth-order valence-corrected chi connectivity index (χ4v) is 9.63. The lowest BCUT2D eigenvalue weighted by Gasteiger charge is -2.21. The third-order valence-corrected chi connectivity index (χ3v) is 14.7. The number of ether oxygens (including phenoxy) is 3. The van der Waals surface area contributed by atoms with Crippen molar-refractivity contribution in [3.63, 3.8) is 0 Å². The van der Waals surface area contributed by atoms with Crippen LogP contribution in [0.3, 0.4) is 0 Å². The Morgan fingerprint density at radius 1 is 0.362 bits per heavy atom. The maximum atomic E-state index is 13.0. The van der Waals surface area contributed by atoms with Crippen LogP contribution in [0.1, 0.15) is 290 Å². The van der Waals surface area contributed by atoms with Gasteiger partial charge in [-0.1, -0.05) is 241 Å². The molecule has 0 fully saturated rings. The summed E-state index contributed by atoms with van der Waals surface area (Å²) in [5, 5.41) is 9.86. The van der Waals surface area contributed by atoms with Gasteiger partial charge in [-0.25, -0.2) is 4.57 Å². The predicted octanol–water partition coefficient (Wildman–Crippen LogP) is 19.8. The number of hydrogen-bond acceptors (Lipinski definition) is 10. The Morgan fingerprint density at radius 3 is 1.04 bits per heavy atom. The molecule has 0 aromatic rings. The lowest BCUT2D eigenvalue weighted by atomic mass is 10.1. The minimum atomic E-state index is -4.76. The molecule has 0 bridgehead atoms. The van der Waals surface area contributed by atoms with E-state index >= 15 is 0 Å². The van der Waals surface area contributed by atoms with E-state index in [2.05, 4.69) is 106 Å². The zero-order chi connectivity index (χ0) is 58.3. The van der Waals surface area contributed by atoms with Crippen LogP contribution in [0.4, 0.5) is 0 Å². The van der Waals surface area contributed by atoms with Gasteiger partial charge in [-0.05, 0) is 116 Å². The number of unbranched alkanes of at least 4 members (excludes halogenated alkanes) is 29. The van der Waals surface area contributed by atoms with E-state index in [1.165, 1.54) is 96.3 Å². The van der Waals surface area contributed by atoms with Crippen molar-refractivity contribution in [3.8, 4) is 0 Å². The second kappa shape index (κ2) is 61.7. The molecular formula is C68H119O11P. The lowest BCUT2D eigenvalue weighted by Crippen LogP contribution is -2.30. The van der Waals surface area contributed by atoms with E-state index in [4.69, 9.17) is 23.3 Å². The number of allylic oxidation sites excluding steroid dienone is 14. The second-order valence-electron chi connectivity index (χ2n) is 21.5. The first kappa shape index (κ1) is 76.7. The van der Waals surface area contributed by atoms with E-state index in [0.29, 0.717) is 19.3 Å². The Labute approximate surface area is 490 Å². The summed E-state index contributed by atoms with van der Waals surface area (Å²) in [6.45, 7) is 4.51. The van der Waals surface area contributed by atoms with Crippen LogP contribution >= 0.6 is 7.82 Å². The van der Waals surface area contributed by atoms with Gasteiger partial charge in [0, 0.05) is 19.3 Å². The molecule has 3 unspecified atom stereocenters. The highest BCUT2D eigenvalue weighted by Gasteiger charge is 2.28. The molecule has 3 atom stereocenters. The maximum Gasteiger partial charge on any atom is 0.472 e. The molecule has 0 amide bonds. The summed E-state index contributed by atoms with van der Waals surface area (Å²) in [6, 6.07) is 0. The van der Waals surface area contributed by atoms with Gasteiger partial charge in [-0.15, -0.1) is 0 Å². The molecule has 0 spiro atoms. The molecule has 2 N–H and O–H groups in total. The van der Waals surface area contributed by atoms with Gasteiger partial charge >= 0.3 is 25.7 Å². The first-order valence-electron chi connectivity index (χ1n) is 32.5. The van der Waals surface area contributed by atoms with Crippen molar-refractivity contribution in [1.82, 2.24) is 0 Å². The summed E-state index contributed by atoms with van der Waals surface area (Å²) in [7, 11) is -4.76. The van der Waals surface area contributed by atoms with Crippen molar-refractivity contribution < 1.29 is 52.2 Å². The molecule has 0 aliphatic carbocycles. The molecule has 12 heteroatoms. The largest absolute Gasteiger partial charge is 0.472 e. The first-order valence-corrected chi connectivity index (χ1v) is 34.0. The average molecular weight is 1140 g/mol. The Bertz CT molecular complexity index is 1670. The van der Waals surface area contributed by atoms with Crippen molar-refractivity contribution in [2.45, 2.75) is 303 Å². The number of rotatable bonds is 60. The Kier molecular flexibility index (Phi) is 59.1. The van der Waals surface area contributed by atoms with Gasteiger partial charge < -0.3 is 24.2 Å². The number of carbonyl (C=O) groups is 3. The number of aliphatic hydroxyl groups excluding tert-OH is 1. The fourth-order valence-electron chi connectivity index (χ4n) is 8.84. The van der Waals surface area contributed by atoms with Crippen LogP contribution in [-0.2, 0) is 42.2 Å². The van der Waals surface area contributed by atoms with Gasteiger partial charge in [0.2, 0.25) is 0 Å². The molecule has 80 heavy (non-hydrogen) atoms. The number of carbonyl (C=O) groups excluding carboxylic acids is 3. The molecule has 0 saturated heterocycles. The molecule has 0 saturated carbocycles. The number of aliphatic hydroxyl groups is 1. The summed E-state index contributed by atoms with van der Waals surface area (Å²) in [5.41, 5.74) is 0. The maximum absolute atomic E-state index is 13.0. The third kappa shape index (κ3) is 59.3. The number of phosphoric acid groups is 1. The molecule has 462 valence electrons. The second-order valence-corrected chi connectivity index (χ2v) is 23.0. The Balaban J connectivity index is 4.73. The zero-order valence-electron chi connectivity index (χ0n) is 51.3. The van der Waals surface area contributed by atoms with Crippen LogP contribution < -0.4 is 0 Å². The van der Waals surface area contributed by atoms with E-state index in [1.807, 2.05) is 0 Å². The van der Waals surface area contributed by atoms with Crippen LogP contribution in [0.25, 0.3) is 0 Å². The van der Waals surface area contributed by atoms with Crippen molar-refractivity contribution in [3.05, 3.63) is 85.1 Å². The number of phosphoric ester groups is 1. The topological polar surface area (TPSA) is 155 Å². The minimum Gasteiger partial charge on any atom is -0.462 e. The number of hydrogen-bond donors (Lipinski definition) is 2. The number of esters is 3. The molecule has 0 heterocycles. The van der Waals surface area contributed by atoms with Crippen molar-refractivity contribution in [2.75, 3.05) is 26.4 Å². The Hall–Kier alpha value is -3.34. The molecular weight excluding hydrogens is 1020 g/mol. The zero-order valence-corrected chi connectivity index (χ0v) is 52.2. The van der Waals surface area contributed by atoms with E-state index in [1.54, 1.807) is 0 Å². The van der Waals surface area contributed by atoms with Crippen LogP contribution in [-0.4, -0.2) is 66.5 Å². The molecule has 0 aliphatic heterocycles. The average Bonchev–Trinajstić information content (AvgIpc) is 3.45. The summed E-state index contributed by atoms with van der Waals surface area (Å²) < 4.78 is 39.7. The molecule has 0 radical (unpaired) electrons. The normalized spacial score (nSPS) is 13.8. The SMILES string of the molecule is CC/C=C\C/C=C\C/C=C\CCCCCCCCCC(=O)OC(COC(=O)CCCCCCCC/C=C\C/C=C\C/C=C\CCCCC)COP(=O)(O)OCC(CO)OC(=O)CCCCCCCCC/C=C\CCCCCCCC. The lowest BCUT2D eigenvalue weighted by molar-refractivity contribution is -0.161. The van der Waals surface area contributed by atoms with Crippen LogP contribution in [0, 0.1) is 0 Å². The third-order valence-electron chi connectivity index (χ3n) is 13.8. The Morgan fingerprint density at radius 2 is 0.650 bits per heavy atom. The van der Waals surface area contributed by atoms with Gasteiger partial charge in [0.25, 0.3) is 0 Å². The highest BCUT2D eigenvalue weighted by atomic mass is 31.2. The van der Waals surface area contributed by atoms with E-state index in [9.17, 15) is 28.9 Å². The summed E-state index contributed by atoms with van der Waals surface area (Å²) in [6.07, 6.45) is 72.4. The van der Waals surface area contributed by atoms with Crippen molar-refractivity contribution >= 4 is 25.7 Å². The van der Waals surface area contributed by atoms with E-state index < -0.39 is 57.8 Å². The highest BCUT2D eigenvalue weighted by molar-refractivity contribution is 7.47. The standard InChI is InChI=1S/C68H119O11P/c1-4-7-10-13-16-19-22-25-28-31-32-35-36-39-42-45-48-51-54-57-66(70)75-61-65(79-68(72)59-56-53-50-47-44-41-38-34-30-27-24-21-18-15-12-9-6-3)63-77-80(73,74)76-62-64(60-69)78-67(71)58-55-52-49-46-43-40-37-33-29-26-23-20-17-14-11-8-5-2/h9,12,16,18-19,21,25-30,32,35,64-65,69H,4-8,10-11,13-15,17,20,22-24,31,33-34,36-63H2,1-3H3,(H,73,74)/b12-9-,19-16-,21-18-,28-25-,29-26-,30-27-,35-32-. The quantitative estimate of drug-likeness (QED) is 0.0197. The molecule has 0 aliphatic rings. The van der Waals surface area contributed by atoms with Crippen LogP contribution in [0.5, 0.6) is 0 Å². The first-order chi connectivity index (χ1) is 39.2. The van der Waals surface area contributed by atoms with Gasteiger partial charge in [0.05, 0.1) is 19.8 Å². The van der Waals surface area contributed by atoms with E-state index in [-0.39, 0.29) is 25.9 Å². The smallest absolute Gasteiger partial charge is 0.462 e. The molecule has 11 nitrogen and oxygen atoms in total. The van der Waals surface area contributed by atoms with Gasteiger partial charge in [-0.2, -0.15) is 0 Å². The molecule has 0 rings (SSSR count). The van der Waals surface area contributed by atoms with Gasteiger partial charge in [0.15, 0.2) is 6.10 Å². The van der Waals surface area contributed by atoms with E-state index in [0.717, 1.165) is 135 Å². The van der Waals surface area contributed by atoms with Crippen LogP contribution in [0.15, 0.2) is 85.1 Å². The van der Waals surface area contributed by atoms with Gasteiger partial charge in [0.1, 0.15) is 12.7 Å². The van der Waals surface area contributed by atoms with Crippen molar-refractivity contribution in [2.24, 2.45) is 0 Å². The van der Waals surface area contributed by atoms with Gasteiger partial charge in [-0.3, -0.25) is 23.4 Å².